The quantitative estimate of drug-likeness (QED) is 0.447. The number of methoxy groups -OCH3 is 1. The first kappa shape index (κ1) is 30.9. The SMILES string of the molecule is COC(c1cc(Cl)cs1)C(NC(=O)C(C)(C)N)C(=O)N1CCC2(Cc3ccccn3)C(=O)N(CC(F)(F)F)N=C2C1. The van der Waals surface area contributed by atoms with Gasteiger partial charge in [-0.3, -0.25) is 19.4 Å². The molecule has 3 N–H and O–H groups in total. The van der Waals surface area contributed by atoms with Crippen LogP contribution >= 0.6 is 22.9 Å². The lowest BCUT2D eigenvalue weighted by atomic mass is 9.73. The fraction of sp³-hybridized carbons (Fsp3) is 0.500. The minimum absolute atomic E-state index is 0.00681. The van der Waals surface area contributed by atoms with Crippen molar-refractivity contribution >= 4 is 46.4 Å². The van der Waals surface area contributed by atoms with Gasteiger partial charge in [-0.1, -0.05) is 17.7 Å². The number of nitrogens with one attached hydrogen (secondary N) is 1. The summed E-state index contributed by atoms with van der Waals surface area (Å²) in [6, 6.07) is 5.45. The topological polar surface area (TPSA) is 130 Å². The zero-order valence-corrected chi connectivity index (χ0v) is 24.1. The molecule has 1 fully saturated rings. The predicted molar refractivity (Wildman–Crippen MR) is 146 cm³/mol. The van der Waals surface area contributed by atoms with Crippen LogP contribution in [0.25, 0.3) is 0 Å². The average Bonchev–Trinajstić information content (AvgIpc) is 3.43. The molecule has 0 aromatic carbocycles. The summed E-state index contributed by atoms with van der Waals surface area (Å²) in [7, 11) is 1.38. The predicted octanol–water partition coefficient (Wildman–Crippen LogP) is 2.93. The van der Waals surface area contributed by atoms with E-state index in [9.17, 15) is 27.6 Å². The van der Waals surface area contributed by atoms with Gasteiger partial charge in [0.25, 0.3) is 5.91 Å². The molecule has 3 atom stereocenters. The van der Waals surface area contributed by atoms with E-state index in [1.54, 1.807) is 29.6 Å². The zero-order chi connectivity index (χ0) is 30.2. The number of hydrogen-bond donors (Lipinski definition) is 2. The van der Waals surface area contributed by atoms with Crippen molar-refractivity contribution < 1.29 is 32.3 Å². The number of carbonyl (C=O) groups is 3. The number of thiophene rings is 1. The van der Waals surface area contributed by atoms with Gasteiger partial charge in [0.1, 0.15) is 24.1 Å². The minimum atomic E-state index is -4.67. The van der Waals surface area contributed by atoms with E-state index in [4.69, 9.17) is 22.1 Å². The smallest absolute Gasteiger partial charge is 0.373 e. The lowest BCUT2D eigenvalue weighted by Gasteiger charge is -2.40. The molecule has 3 unspecified atom stereocenters. The summed E-state index contributed by atoms with van der Waals surface area (Å²) >= 11 is 7.34. The Morgan fingerprint density at radius 1 is 1.32 bits per heavy atom. The summed E-state index contributed by atoms with van der Waals surface area (Å²) in [5, 5.41) is 9.24. The van der Waals surface area contributed by atoms with Crippen LogP contribution in [-0.4, -0.2) is 82.8 Å². The summed E-state index contributed by atoms with van der Waals surface area (Å²) in [4.78, 5) is 46.5. The van der Waals surface area contributed by atoms with E-state index < -0.39 is 53.5 Å². The number of halogens is 4. The normalized spacial score (nSPS) is 20.9. The third kappa shape index (κ3) is 6.71. The maximum atomic E-state index is 14.0. The molecule has 0 radical (unpaired) electrons. The molecule has 0 saturated carbocycles. The molecule has 0 aliphatic carbocycles. The van der Waals surface area contributed by atoms with Crippen LogP contribution in [0.3, 0.4) is 0 Å². The number of piperidine rings is 1. The van der Waals surface area contributed by atoms with Crippen LogP contribution < -0.4 is 11.1 Å². The Hall–Kier alpha value is -3.07. The summed E-state index contributed by atoms with van der Waals surface area (Å²) in [5.74, 6) is -1.98. The van der Waals surface area contributed by atoms with E-state index in [2.05, 4.69) is 15.4 Å². The standard InChI is InChI=1S/C26H30ClF3N6O4S/c1-24(2,31)22(38)33-19(20(40-3)17-10-15(27)13-41-17)21(37)35-9-7-25(11-16-6-4-5-8-32-16)18(12-35)34-36(23(25)39)14-26(28,29)30/h4-6,8,10,13,19-20H,7,9,11-12,14,31H2,1-3H3,(H,33,38). The molecule has 0 spiro atoms. The minimum Gasteiger partial charge on any atom is -0.373 e. The molecule has 10 nitrogen and oxygen atoms in total. The highest BCUT2D eigenvalue weighted by Crippen LogP contribution is 2.41. The van der Waals surface area contributed by atoms with Crippen molar-refractivity contribution in [2.45, 2.75) is 50.6 Å². The zero-order valence-electron chi connectivity index (χ0n) is 22.6. The number of alkyl halides is 3. The number of likely N-dealkylation sites (tertiary alicyclic amines) is 1. The molecular weight excluding hydrogens is 585 g/mol. The van der Waals surface area contributed by atoms with Crippen LogP contribution in [0.5, 0.6) is 0 Å². The monoisotopic (exact) mass is 614 g/mol. The Morgan fingerprint density at radius 2 is 2.05 bits per heavy atom. The van der Waals surface area contributed by atoms with E-state index >= 15 is 0 Å². The van der Waals surface area contributed by atoms with Gasteiger partial charge in [0.2, 0.25) is 11.8 Å². The highest BCUT2D eigenvalue weighted by atomic mass is 35.5. The number of rotatable bonds is 9. The molecular formula is C26H30ClF3N6O4S. The summed E-state index contributed by atoms with van der Waals surface area (Å²) in [5.41, 5.74) is 3.88. The lowest BCUT2D eigenvalue weighted by Crippen LogP contribution is -2.61. The molecule has 2 aromatic heterocycles. The number of fused-ring (bicyclic) bond motifs is 1. The van der Waals surface area contributed by atoms with E-state index in [1.807, 2.05) is 0 Å². The molecule has 15 heteroatoms. The summed E-state index contributed by atoms with van der Waals surface area (Å²) in [6.45, 7) is 1.19. The van der Waals surface area contributed by atoms with Gasteiger partial charge >= 0.3 is 6.18 Å². The van der Waals surface area contributed by atoms with E-state index in [0.717, 1.165) is 0 Å². The van der Waals surface area contributed by atoms with Crippen LogP contribution in [0.2, 0.25) is 5.02 Å². The first-order valence-electron chi connectivity index (χ1n) is 12.7. The number of nitrogens with zero attached hydrogens (tertiary/aromatic N) is 4. The molecule has 2 aliphatic heterocycles. The number of hydrazone groups is 1. The van der Waals surface area contributed by atoms with Crippen molar-refractivity contribution in [2.24, 2.45) is 16.3 Å². The molecule has 41 heavy (non-hydrogen) atoms. The van der Waals surface area contributed by atoms with E-state index in [0.29, 0.717) is 20.6 Å². The van der Waals surface area contributed by atoms with Crippen LogP contribution in [0.15, 0.2) is 40.9 Å². The van der Waals surface area contributed by atoms with Crippen molar-refractivity contribution in [3.05, 3.63) is 51.4 Å². The summed E-state index contributed by atoms with van der Waals surface area (Å²) in [6.07, 6.45) is -4.06. The van der Waals surface area contributed by atoms with Gasteiger partial charge in [0.05, 0.1) is 22.8 Å². The Kier molecular flexibility index (Phi) is 8.79. The van der Waals surface area contributed by atoms with Gasteiger partial charge in [-0.15, -0.1) is 11.3 Å². The van der Waals surface area contributed by atoms with Crippen molar-refractivity contribution in [2.75, 3.05) is 26.7 Å². The molecule has 4 heterocycles. The second-order valence-electron chi connectivity index (χ2n) is 10.6. The number of amides is 3. The van der Waals surface area contributed by atoms with Crippen LogP contribution in [-0.2, 0) is 25.5 Å². The molecule has 4 rings (SSSR count). The highest BCUT2D eigenvalue weighted by Gasteiger charge is 2.56. The third-order valence-corrected chi connectivity index (χ3v) is 8.34. The second-order valence-corrected chi connectivity index (χ2v) is 12.0. The van der Waals surface area contributed by atoms with Gasteiger partial charge in [0.15, 0.2) is 0 Å². The molecule has 2 aliphatic rings. The lowest BCUT2D eigenvalue weighted by molar-refractivity contribution is -0.163. The van der Waals surface area contributed by atoms with Crippen molar-refractivity contribution in [3.8, 4) is 0 Å². The van der Waals surface area contributed by atoms with Gasteiger partial charge in [-0.25, -0.2) is 5.01 Å². The maximum absolute atomic E-state index is 14.0. The first-order valence-corrected chi connectivity index (χ1v) is 13.9. The third-order valence-electron chi connectivity index (χ3n) is 7.00. The molecule has 2 aromatic rings. The number of pyridine rings is 1. The number of aromatic nitrogens is 1. The Labute approximate surface area is 243 Å². The molecule has 1 saturated heterocycles. The largest absolute Gasteiger partial charge is 0.408 e. The van der Waals surface area contributed by atoms with Crippen molar-refractivity contribution in [1.82, 2.24) is 20.2 Å². The number of carbonyl (C=O) groups excluding carboxylic acids is 3. The number of hydrogen-bond acceptors (Lipinski definition) is 8. The van der Waals surface area contributed by atoms with Crippen molar-refractivity contribution in [1.29, 1.82) is 0 Å². The fourth-order valence-corrected chi connectivity index (χ4v) is 6.10. The molecule has 3 amide bonds. The van der Waals surface area contributed by atoms with Crippen LogP contribution in [0.1, 0.15) is 36.9 Å². The Bertz CT molecular complexity index is 1330. The first-order chi connectivity index (χ1) is 19.1. The maximum Gasteiger partial charge on any atom is 0.408 e. The van der Waals surface area contributed by atoms with Gasteiger partial charge < -0.3 is 20.7 Å². The summed E-state index contributed by atoms with van der Waals surface area (Å²) < 4.78 is 45.6. The molecule has 0 bridgehead atoms. The van der Waals surface area contributed by atoms with E-state index in [-0.39, 0.29) is 31.6 Å². The number of ether oxygens (including phenoxy) is 1. The Morgan fingerprint density at radius 3 is 2.61 bits per heavy atom. The van der Waals surface area contributed by atoms with E-state index in [1.165, 1.54) is 43.4 Å². The average molecular weight is 615 g/mol. The van der Waals surface area contributed by atoms with Crippen LogP contribution in [0.4, 0.5) is 13.2 Å². The van der Waals surface area contributed by atoms with Gasteiger partial charge in [-0.05, 0) is 38.5 Å². The van der Waals surface area contributed by atoms with Gasteiger partial charge in [0, 0.05) is 42.2 Å². The van der Waals surface area contributed by atoms with Gasteiger partial charge in [-0.2, -0.15) is 18.3 Å². The number of nitrogens with two attached hydrogens (primary N) is 1. The van der Waals surface area contributed by atoms with Crippen molar-refractivity contribution in [3.63, 3.8) is 0 Å². The molecule has 222 valence electrons. The fourth-order valence-electron chi connectivity index (χ4n) is 4.90. The second kappa shape index (κ2) is 11.7. The highest BCUT2D eigenvalue weighted by molar-refractivity contribution is 7.10. The Balaban J connectivity index is 1.67. The van der Waals surface area contributed by atoms with Crippen LogP contribution in [0, 0.1) is 5.41 Å².